The van der Waals surface area contributed by atoms with Crippen molar-refractivity contribution >= 4 is 33.0 Å². The molecule has 0 bridgehead atoms. The Labute approximate surface area is 112 Å². The lowest BCUT2D eigenvalue weighted by Crippen LogP contribution is -2.26. The van der Waals surface area contributed by atoms with Crippen molar-refractivity contribution in [2.24, 2.45) is 5.73 Å². The van der Waals surface area contributed by atoms with Crippen molar-refractivity contribution in [3.8, 4) is 0 Å². The summed E-state index contributed by atoms with van der Waals surface area (Å²) in [4.78, 5) is 4.50. The maximum absolute atomic E-state index is 11.2. The molecule has 0 radical (unpaired) electrons. The molecule has 0 unspecified atom stereocenters. The largest absolute Gasteiger partial charge is 0.389 e. The SMILES string of the molecule is CNS(=O)(=O)CCNc1cc(C(N)=S)cc(C)n1. The number of hydrogen-bond donors (Lipinski definition) is 3. The molecule has 0 amide bonds. The average molecular weight is 288 g/mol. The molecule has 100 valence electrons. The molecule has 0 spiro atoms. The number of nitrogens with zero attached hydrogens (tertiary/aromatic N) is 1. The van der Waals surface area contributed by atoms with Gasteiger partial charge in [0.25, 0.3) is 0 Å². The van der Waals surface area contributed by atoms with E-state index in [4.69, 9.17) is 18.0 Å². The molecule has 0 aromatic carbocycles. The van der Waals surface area contributed by atoms with Gasteiger partial charge in [-0.15, -0.1) is 0 Å². The van der Waals surface area contributed by atoms with Crippen molar-refractivity contribution in [1.82, 2.24) is 9.71 Å². The van der Waals surface area contributed by atoms with Gasteiger partial charge < -0.3 is 11.1 Å². The van der Waals surface area contributed by atoms with Crippen LogP contribution in [0, 0.1) is 6.92 Å². The highest BCUT2D eigenvalue weighted by Gasteiger charge is 2.07. The van der Waals surface area contributed by atoms with Crippen LogP contribution in [-0.2, 0) is 10.0 Å². The van der Waals surface area contributed by atoms with Gasteiger partial charge in [-0.05, 0) is 26.1 Å². The molecule has 0 aliphatic heterocycles. The first-order chi connectivity index (χ1) is 8.34. The average Bonchev–Trinajstić information content (AvgIpc) is 2.28. The van der Waals surface area contributed by atoms with Crippen molar-refractivity contribution in [3.63, 3.8) is 0 Å². The Morgan fingerprint density at radius 3 is 2.72 bits per heavy atom. The van der Waals surface area contributed by atoms with Crippen molar-refractivity contribution in [2.45, 2.75) is 6.92 Å². The van der Waals surface area contributed by atoms with E-state index >= 15 is 0 Å². The number of rotatable bonds is 6. The number of anilines is 1. The van der Waals surface area contributed by atoms with Crippen molar-refractivity contribution in [3.05, 3.63) is 23.4 Å². The van der Waals surface area contributed by atoms with E-state index in [1.807, 2.05) is 6.92 Å². The number of aryl methyl sites for hydroxylation is 1. The Kier molecular flexibility index (Phi) is 5.00. The minimum atomic E-state index is -3.22. The molecule has 18 heavy (non-hydrogen) atoms. The molecule has 0 saturated heterocycles. The first kappa shape index (κ1) is 14.8. The van der Waals surface area contributed by atoms with Crippen molar-refractivity contribution in [1.29, 1.82) is 0 Å². The molecule has 0 atom stereocenters. The molecule has 1 heterocycles. The van der Waals surface area contributed by atoms with E-state index < -0.39 is 10.0 Å². The minimum Gasteiger partial charge on any atom is -0.389 e. The number of nitrogens with one attached hydrogen (secondary N) is 2. The van der Waals surface area contributed by atoms with Crippen molar-refractivity contribution < 1.29 is 8.42 Å². The Morgan fingerprint density at radius 1 is 1.50 bits per heavy atom. The molecule has 0 saturated carbocycles. The van der Waals surface area contributed by atoms with E-state index in [2.05, 4.69) is 15.0 Å². The summed E-state index contributed by atoms with van der Waals surface area (Å²) in [6.45, 7) is 2.08. The van der Waals surface area contributed by atoms with E-state index in [0.717, 1.165) is 5.69 Å². The molecule has 4 N–H and O–H groups in total. The van der Waals surface area contributed by atoms with Gasteiger partial charge in [0.2, 0.25) is 10.0 Å². The van der Waals surface area contributed by atoms with Crippen LogP contribution < -0.4 is 15.8 Å². The van der Waals surface area contributed by atoms with Crippen LogP contribution in [0.1, 0.15) is 11.3 Å². The van der Waals surface area contributed by atoms with Crippen molar-refractivity contribution in [2.75, 3.05) is 24.7 Å². The second-order valence-corrected chi connectivity index (χ2v) is 6.18. The van der Waals surface area contributed by atoms with Gasteiger partial charge in [0.15, 0.2) is 0 Å². The van der Waals surface area contributed by atoms with E-state index in [1.165, 1.54) is 7.05 Å². The maximum Gasteiger partial charge on any atom is 0.213 e. The second kappa shape index (κ2) is 6.07. The quantitative estimate of drug-likeness (QED) is 0.637. The monoisotopic (exact) mass is 288 g/mol. The van der Waals surface area contributed by atoms with Crippen LogP contribution in [-0.4, -0.2) is 37.7 Å². The van der Waals surface area contributed by atoms with E-state index in [9.17, 15) is 8.42 Å². The lowest BCUT2D eigenvalue weighted by atomic mass is 10.2. The number of aromatic nitrogens is 1. The summed E-state index contributed by atoms with van der Waals surface area (Å²) in [7, 11) is -1.84. The summed E-state index contributed by atoms with van der Waals surface area (Å²) in [5.41, 5.74) is 7.01. The molecule has 1 rings (SSSR count). The minimum absolute atomic E-state index is 0.0263. The van der Waals surface area contributed by atoms with E-state index in [0.29, 0.717) is 11.4 Å². The van der Waals surface area contributed by atoms with Crippen LogP contribution in [0.3, 0.4) is 0 Å². The van der Waals surface area contributed by atoms with Gasteiger partial charge in [0, 0.05) is 17.8 Å². The summed E-state index contributed by atoms with van der Waals surface area (Å²) in [6.07, 6.45) is 0. The van der Waals surface area contributed by atoms with Gasteiger partial charge in [-0.25, -0.2) is 18.1 Å². The number of sulfonamides is 1. The first-order valence-electron chi connectivity index (χ1n) is 5.27. The summed E-state index contributed by atoms with van der Waals surface area (Å²) in [5, 5.41) is 2.93. The number of hydrogen-bond acceptors (Lipinski definition) is 5. The molecular weight excluding hydrogens is 272 g/mol. The molecular formula is C10H16N4O2S2. The topological polar surface area (TPSA) is 97.1 Å². The third-order valence-electron chi connectivity index (χ3n) is 2.23. The number of pyridine rings is 1. The van der Waals surface area contributed by atoms with Gasteiger partial charge >= 0.3 is 0 Å². The van der Waals surface area contributed by atoms with Gasteiger partial charge in [0.1, 0.15) is 10.8 Å². The van der Waals surface area contributed by atoms with Gasteiger partial charge in [-0.3, -0.25) is 0 Å². The van der Waals surface area contributed by atoms with Crippen LogP contribution >= 0.6 is 12.2 Å². The summed E-state index contributed by atoms with van der Waals surface area (Å²) >= 11 is 4.89. The maximum atomic E-state index is 11.2. The Bertz CT molecular complexity index is 543. The third kappa shape index (κ3) is 4.55. The highest BCUT2D eigenvalue weighted by atomic mass is 32.2. The lowest BCUT2D eigenvalue weighted by molar-refractivity contribution is 0.588. The van der Waals surface area contributed by atoms with Crippen LogP contribution in [0.2, 0.25) is 0 Å². The van der Waals surface area contributed by atoms with Crippen LogP contribution in [0.15, 0.2) is 12.1 Å². The predicted octanol–water partition coefficient (Wildman–Crippen LogP) is -0.0147. The molecule has 0 fully saturated rings. The first-order valence-corrected chi connectivity index (χ1v) is 7.33. The molecule has 0 aliphatic rings. The van der Waals surface area contributed by atoms with Gasteiger partial charge in [-0.2, -0.15) is 0 Å². The summed E-state index contributed by atoms with van der Waals surface area (Å²) < 4.78 is 24.7. The number of thiocarbonyl (C=S) groups is 1. The van der Waals surface area contributed by atoms with Crippen LogP contribution in [0.4, 0.5) is 5.82 Å². The molecule has 8 heteroatoms. The normalized spacial score (nSPS) is 11.2. The lowest BCUT2D eigenvalue weighted by Gasteiger charge is -2.08. The molecule has 1 aromatic rings. The zero-order valence-corrected chi connectivity index (χ0v) is 11.9. The zero-order valence-electron chi connectivity index (χ0n) is 10.2. The number of nitrogens with two attached hydrogens (primary N) is 1. The third-order valence-corrected chi connectivity index (χ3v) is 3.83. The fourth-order valence-electron chi connectivity index (χ4n) is 1.32. The second-order valence-electron chi connectivity index (χ2n) is 3.70. The van der Waals surface area contributed by atoms with Crippen LogP contribution in [0.5, 0.6) is 0 Å². The Morgan fingerprint density at radius 2 is 2.17 bits per heavy atom. The molecule has 0 aliphatic carbocycles. The van der Waals surface area contributed by atoms with Gasteiger partial charge in [0.05, 0.1) is 5.75 Å². The smallest absolute Gasteiger partial charge is 0.213 e. The fourth-order valence-corrected chi connectivity index (χ4v) is 2.01. The molecule has 1 aromatic heterocycles. The van der Waals surface area contributed by atoms with Crippen LogP contribution in [0.25, 0.3) is 0 Å². The van der Waals surface area contributed by atoms with E-state index in [1.54, 1.807) is 12.1 Å². The summed E-state index contributed by atoms with van der Waals surface area (Å²) in [6, 6.07) is 3.47. The summed E-state index contributed by atoms with van der Waals surface area (Å²) in [5.74, 6) is 0.533. The highest BCUT2D eigenvalue weighted by Crippen LogP contribution is 2.09. The predicted molar refractivity (Wildman–Crippen MR) is 76.2 cm³/mol. The highest BCUT2D eigenvalue weighted by molar-refractivity contribution is 7.89. The Hall–Kier alpha value is -1.25. The zero-order chi connectivity index (χ0) is 13.8. The van der Waals surface area contributed by atoms with Gasteiger partial charge in [-0.1, -0.05) is 12.2 Å². The molecule has 6 nitrogen and oxygen atoms in total. The Balaban J connectivity index is 2.71. The fraction of sp³-hybridized carbons (Fsp3) is 0.400. The van der Waals surface area contributed by atoms with E-state index in [-0.39, 0.29) is 17.3 Å². The standard InChI is InChI=1S/C10H16N4O2S2/c1-7-5-8(10(11)17)6-9(14-7)13-3-4-18(15,16)12-2/h5-6,12H,3-4H2,1-2H3,(H2,11,17)(H,13,14).